The van der Waals surface area contributed by atoms with Gasteiger partial charge in [0.05, 0.1) is 5.38 Å². The third-order valence-electron chi connectivity index (χ3n) is 3.07. The van der Waals surface area contributed by atoms with Gasteiger partial charge in [0.15, 0.2) is 0 Å². The fourth-order valence-corrected chi connectivity index (χ4v) is 1.75. The van der Waals surface area contributed by atoms with Gasteiger partial charge in [-0.05, 0) is 36.0 Å². The molecule has 0 nitrogen and oxygen atoms in total. The highest BCUT2D eigenvalue weighted by atomic mass is 35.5. The van der Waals surface area contributed by atoms with Gasteiger partial charge in [-0.3, -0.25) is 0 Å². The van der Waals surface area contributed by atoms with Gasteiger partial charge < -0.3 is 0 Å². The van der Waals surface area contributed by atoms with Gasteiger partial charge in [0.2, 0.25) is 0 Å². The molecule has 1 atom stereocenters. The molecule has 0 aliphatic carbocycles. The van der Waals surface area contributed by atoms with Gasteiger partial charge in [-0.25, -0.2) is 4.39 Å². The smallest absolute Gasteiger partial charge is 0.126 e. The molecule has 2 heteroatoms. The summed E-state index contributed by atoms with van der Waals surface area (Å²) in [5.74, 6) is -0.170. The number of hydrogen-bond donors (Lipinski definition) is 0. The maximum atomic E-state index is 13.1. The Labute approximate surface area is 96.5 Å². The SMILES string of the molecule is CCC(C)(C)C(Cl)c1ccc(F)c(C)c1. The zero-order valence-electron chi connectivity index (χ0n) is 9.77. The highest BCUT2D eigenvalue weighted by molar-refractivity contribution is 6.21. The first-order chi connectivity index (χ1) is 6.88. The van der Waals surface area contributed by atoms with Crippen LogP contribution in [0.25, 0.3) is 0 Å². The molecular formula is C13H18ClF. The maximum absolute atomic E-state index is 13.1. The van der Waals surface area contributed by atoms with Crippen molar-refractivity contribution in [3.8, 4) is 0 Å². The van der Waals surface area contributed by atoms with Crippen molar-refractivity contribution in [3.63, 3.8) is 0 Å². The van der Waals surface area contributed by atoms with Gasteiger partial charge in [0, 0.05) is 0 Å². The minimum absolute atomic E-state index is 0.0336. The second-order valence-corrected chi connectivity index (χ2v) is 5.15. The quantitative estimate of drug-likeness (QED) is 0.649. The number of rotatable bonds is 3. The van der Waals surface area contributed by atoms with Gasteiger partial charge in [-0.2, -0.15) is 0 Å². The first-order valence-corrected chi connectivity index (χ1v) is 5.72. The molecule has 0 amide bonds. The Morgan fingerprint density at radius 3 is 2.47 bits per heavy atom. The van der Waals surface area contributed by atoms with Gasteiger partial charge in [-0.15, -0.1) is 11.6 Å². The summed E-state index contributed by atoms with van der Waals surface area (Å²) in [5.41, 5.74) is 1.69. The van der Waals surface area contributed by atoms with Crippen molar-refractivity contribution in [1.29, 1.82) is 0 Å². The lowest BCUT2D eigenvalue weighted by molar-refractivity contribution is 0.336. The molecule has 1 rings (SSSR count). The summed E-state index contributed by atoms with van der Waals surface area (Å²) in [5, 5.41) is -0.0678. The summed E-state index contributed by atoms with van der Waals surface area (Å²) in [7, 11) is 0. The normalized spacial score (nSPS) is 14.0. The molecule has 15 heavy (non-hydrogen) atoms. The van der Waals surface area contributed by atoms with Crippen LogP contribution in [0.5, 0.6) is 0 Å². The predicted octanol–water partition coefficient (Wildman–Crippen LogP) is 4.85. The van der Waals surface area contributed by atoms with E-state index in [0.717, 1.165) is 12.0 Å². The molecule has 1 aromatic carbocycles. The van der Waals surface area contributed by atoms with Gasteiger partial charge in [0.1, 0.15) is 5.82 Å². The average Bonchev–Trinajstić information content (AvgIpc) is 2.21. The second-order valence-electron chi connectivity index (χ2n) is 4.71. The topological polar surface area (TPSA) is 0 Å². The van der Waals surface area contributed by atoms with Crippen LogP contribution in [0, 0.1) is 18.2 Å². The first kappa shape index (κ1) is 12.5. The Morgan fingerprint density at radius 1 is 1.40 bits per heavy atom. The zero-order valence-corrected chi connectivity index (χ0v) is 10.5. The number of halogens is 2. The fourth-order valence-electron chi connectivity index (χ4n) is 1.46. The molecule has 1 unspecified atom stereocenters. The summed E-state index contributed by atoms with van der Waals surface area (Å²) < 4.78 is 13.1. The molecule has 0 aromatic heterocycles. The van der Waals surface area contributed by atoms with E-state index in [1.807, 2.05) is 6.07 Å². The van der Waals surface area contributed by atoms with Crippen molar-refractivity contribution in [2.75, 3.05) is 0 Å². The summed E-state index contributed by atoms with van der Waals surface area (Å²) in [6, 6.07) is 5.10. The average molecular weight is 229 g/mol. The van der Waals surface area contributed by atoms with Crippen LogP contribution in [-0.2, 0) is 0 Å². The van der Waals surface area contributed by atoms with E-state index in [-0.39, 0.29) is 16.6 Å². The van der Waals surface area contributed by atoms with E-state index in [1.165, 1.54) is 6.07 Å². The third kappa shape index (κ3) is 2.72. The molecule has 0 aliphatic heterocycles. The van der Waals surface area contributed by atoms with E-state index < -0.39 is 0 Å². The molecule has 0 fully saturated rings. The van der Waals surface area contributed by atoms with E-state index in [4.69, 9.17) is 11.6 Å². The van der Waals surface area contributed by atoms with Crippen LogP contribution < -0.4 is 0 Å². The van der Waals surface area contributed by atoms with E-state index in [1.54, 1.807) is 13.0 Å². The molecule has 0 aliphatic rings. The molecule has 1 aromatic rings. The molecule has 0 saturated carbocycles. The van der Waals surface area contributed by atoms with Crippen molar-refractivity contribution in [2.45, 2.75) is 39.5 Å². The van der Waals surface area contributed by atoms with E-state index >= 15 is 0 Å². The van der Waals surface area contributed by atoms with Crippen LogP contribution in [-0.4, -0.2) is 0 Å². The predicted molar refractivity (Wildman–Crippen MR) is 63.8 cm³/mol. The molecule has 0 radical (unpaired) electrons. The standard InChI is InChI=1S/C13H18ClF/c1-5-13(3,4)12(14)10-6-7-11(15)9(2)8-10/h6-8,12H,5H2,1-4H3. The monoisotopic (exact) mass is 228 g/mol. The van der Waals surface area contributed by atoms with Crippen LogP contribution in [0.3, 0.4) is 0 Å². The minimum Gasteiger partial charge on any atom is -0.207 e. The summed E-state index contributed by atoms with van der Waals surface area (Å²) in [6.45, 7) is 8.14. The molecule has 0 spiro atoms. The van der Waals surface area contributed by atoms with E-state index in [9.17, 15) is 4.39 Å². The number of aryl methyl sites for hydroxylation is 1. The Morgan fingerprint density at radius 2 is 2.00 bits per heavy atom. The highest BCUT2D eigenvalue weighted by Crippen LogP contribution is 2.41. The van der Waals surface area contributed by atoms with Crippen LogP contribution in [0.15, 0.2) is 18.2 Å². The molecule has 0 bridgehead atoms. The number of hydrogen-bond acceptors (Lipinski definition) is 0. The lowest BCUT2D eigenvalue weighted by atomic mass is 9.82. The summed E-state index contributed by atoms with van der Waals surface area (Å²) in [4.78, 5) is 0. The first-order valence-electron chi connectivity index (χ1n) is 5.28. The Kier molecular flexibility index (Phi) is 3.77. The van der Waals surface area contributed by atoms with Crippen molar-refractivity contribution in [1.82, 2.24) is 0 Å². The summed E-state index contributed by atoms with van der Waals surface area (Å²) >= 11 is 6.40. The fraction of sp³-hybridized carbons (Fsp3) is 0.538. The molecule has 0 saturated heterocycles. The van der Waals surface area contributed by atoms with Crippen LogP contribution >= 0.6 is 11.6 Å². The Balaban J connectivity index is 3.02. The molecular weight excluding hydrogens is 211 g/mol. The Bertz CT molecular complexity index is 344. The zero-order chi connectivity index (χ0) is 11.6. The second kappa shape index (κ2) is 4.52. The lowest BCUT2D eigenvalue weighted by Crippen LogP contribution is -2.17. The van der Waals surface area contributed by atoms with E-state index in [2.05, 4.69) is 20.8 Å². The Hall–Kier alpha value is -0.560. The van der Waals surface area contributed by atoms with Crippen molar-refractivity contribution >= 4 is 11.6 Å². The largest absolute Gasteiger partial charge is 0.207 e. The number of benzene rings is 1. The highest BCUT2D eigenvalue weighted by Gasteiger charge is 2.27. The van der Waals surface area contributed by atoms with Gasteiger partial charge >= 0.3 is 0 Å². The van der Waals surface area contributed by atoms with Crippen molar-refractivity contribution < 1.29 is 4.39 Å². The van der Waals surface area contributed by atoms with Gasteiger partial charge in [-0.1, -0.05) is 32.9 Å². The third-order valence-corrected chi connectivity index (χ3v) is 3.91. The van der Waals surface area contributed by atoms with Crippen molar-refractivity contribution in [3.05, 3.63) is 35.1 Å². The number of alkyl halides is 1. The van der Waals surface area contributed by atoms with Crippen LogP contribution in [0.2, 0.25) is 0 Å². The molecule has 84 valence electrons. The van der Waals surface area contributed by atoms with Gasteiger partial charge in [0.25, 0.3) is 0 Å². The maximum Gasteiger partial charge on any atom is 0.126 e. The minimum atomic E-state index is -0.170. The lowest BCUT2D eigenvalue weighted by Gasteiger charge is -2.29. The van der Waals surface area contributed by atoms with Crippen molar-refractivity contribution in [2.24, 2.45) is 5.41 Å². The molecule has 0 N–H and O–H groups in total. The summed E-state index contributed by atoms with van der Waals surface area (Å²) in [6.07, 6.45) is 0.998. The molecule has 0 heterocycles. The van der Waals surface area contributed by atoms with Crippen LogP contribution in [0.4, 0.5) is 4.39 Å². The van der Waals surface area contributed by atoms with Crippen LogP contribution in [0.1, 0.15) is 43.7 Å². The van der Waals surface area contributed by atoms with E-state index in [0.29, 0.717) is 5.56 Å².